The molecule has 1 atom stereocenters. The van der Waals surface area contributed by atoms with Gasteiger partial charge in [-0.3, -0.25) is 14.9 Å². The van der Waals surface area contributed by atoms with E-state index in [9.17, 15) is 28.5 Å². The van der Waals surface area contributed by atoms with Crippen molar-refractivity contribution in [1.29, 1.82) is 0 Å². The van der Waals surface area contributed by atoms with Crippen LogP contribution in [0.3, 0.4) is 0 Å². The van der Waals surface area contributed by atoms with Crippen LogP contribution in [-0.4, -0.2) is 23.5 Å². The van der Waals surface area contributed by atoms with Crippen LogP contribution in [0, 0.1) is 10.1 Å². The maximum Gasteiger partial charge on any atom is 0.387 e. The van der Waals surface area contributed by atoms with Crippen molar-refractivity contribution in [2.24, 2.45) is 0 Å². The fourth-order valence-corrected chi connectivity index (χ4v) is 3.02. The lowest BCUT2D eigenvalue weighted by molar-refractivity contribution is -0.384. The molecule has 1 aliphatic heterocycles. The standard InChI is InChI=1S/C19H16F2N4O5/c1-10-15(17(26)23-11-6-8-12(9-7-11)25(28)29)16(24-19(27)22-10)13-4-2-3-5-14(13)30-18(20)21/h2-9,16,18H,1H3,(H,23,26)(H2,22,24,27)/t16-/m0/s1. The smallest absolute Gasteiger partial charge is 0.387 e. The van der Waals surface area contributed by atoms with Crippen LogP contribution in [0.15, 0.2) is 59.8 Å². The van der Waals surface area contributed by atoms with E-state index in [1.807, 2.05) is 0 Å². The Morgan fingerprint density at radius 2 is 1.87 bits per heavy atom. The highest BCUT2D eigenvalue weighted by Gasteiger charge is 2.33. The quantitative estimate of drug-likeness (QED) is 0.490. The molecule has 0 saturated heterocycles. The molecule has 0 bridgehead atoms. The molecule has 9 nitrogen and oxygen atoms in total. The number of carbonyl (C=O) groups is 2. The molecule has 30 heavy (non-hydrogen) atoms. The summed E-state index contributed by atoms with van der Waals surface area (Å²) in [5, 5.41) is 18.3. The van der Waals surface area contributed by atoms with Crippen molar-refractivity contribution in [3.63, 3.8) is 0 Å². The number of anilines is 1. The number of alkyl halides is 2. The number of nitro benzene ring substituents is 1. The van der Waals surface area contributed by atoms with Crippen molar-refractivity contribution in [2.45, 2.75) is 19.6 Å². The largest absolute Gasteiger partial charge is 0.434 e. The number of halogens is 2. The minimum absolute atomic E-state index is 0.0678. The summed E-state index contributed by atoms with van der Waals surface area (Å²) in [6.07, 6.45) is 0. The summed E-state index contributed by atoms with van der Waals surface area (Å²) in [5.74, 6) is -0.821. The van der Waals surface area contributed by atoms with E-state index < -0.39 is 29.5 Å². The normalized spacial score (nSPS) is 16.0. The van der Waals surface area contributed by atoms with Gasteiger partial charge in [0.15, 0.2) is 0 Å². The molecule has 2 aromatic rings. The summed E-state index contributed by atoms with van der Waals surface area (Å²) in [5.41, 5.74) is 0.582. The zero-order chi connectivity index (χ0) is 21.8. The molecule has 0 saturated carbocycles. The van der Waals surface area contributed by atoms with Gasteiger partial charge in [0, 0.05) is 29.1 Å². The second-order valence-corrected chi connectivity index (χ2v) is 6.24. The van der Waals surface area contributed by atoms with Gasteiger partial charge in [-0.1, -0.05) is 18.2 Å². The van der Waals surface area contributed by atoms with Gasteiger partial charge in [0.1, 0.15) is 5.75 Å². The Labute approximate surface area is 168 Å². The summed E-state index contributed by atoms with van der Waals surface area (Å²) in [4.78, 5) is 35.1. The first-order valence-electron chi connectivity index (χ1n) is 8.64. The summed E-state index contributed by atoms with van der Waals surface area (Å²) in [6, 6.07) is 9.27. The molecular weight excluding hydrogens is 402 g/mol. The predicted molar refractivity (Wildman–Crippen MR) is 102 cm³/mol. The van der Waals surface area contributed by atoms with Crippen LogP contribution in [0.4, 0.5) is 25.0 Å². The lowest BCUT2D eigenvalue weighted by Gasteiger charge is -2.29. The molecular formula is C19H16F2N4O5. The van der Waals surface area contributed by atoms with Crippen molar-refractivity contribution in [3.05, 3.63) is 75.5 Å². The van der Waals surface area contributed by atoms with Crippen LogP contribution < -0.4 is 20.7 Å². The van der Waals surface area contributed by atoms with Crippen molar-refractivity contribution < 1.29 is 28.0 Å². The van der Waals surface area contributed by atoms with E-state index in [2.05, 4.69) is 20.7 Å². The minimum Gasteiger partial charge on any atom is -0.434 e. The SMILES string of the molecule is CC1=C(C(=O)Nc2ccc([N+](=O)[O-])cc2)[C@H](c2ccccc2OC(F)F)NC(=O)N1. The maximum atomic E-state index is 12.9. The molecule has 1 aliphatic rings. The van der Waals surface area contributed by atoms with Gasteiger partial charge in [-0.2, -0.15) is 8.78 Å². The van der Waals surface area contributed by atoms with Crippen LogP contribution in [0.2, 0.25) is 0 Å². The average molecular weight is 418 g/mol. The van der Waals surface area contributed by atoms with E-state index in [-0.39, 0.29) is 34.0 Å². The highest BCUT2D eigenvalue weighted by molar-refractivity contribution is 6.06. The number of nitro groups is 1. The Morgan fingerprint density at radius 3 is 2.50 bits per heavy atom. The van der Waals surface area contributed by atoms with E-state index in [1.165, 1.54) is 49.4 Å². The van der Waals surface area contributed by atoms with E-state index in [1.54, 1.807) is 6.07 Å². The number of carbonyl (C=O) groups excluding carboxylic acids is 2. The second-order valence-electron chi connectivity index (χ2n) is 6.24. The summed E-state index contributed by atoms with van der Waals surface area (Å²) in [7, 11) is 0. The van der Waals surface area contributed by atoms with E-state index >= 15 is 0 Å². The van der Waals surface area contributed by atoms with Crippen LogP contribution in [0.1, 0.15) is 18.5 Å². The summed E-state index contributed by atoms with van der Waals surface area (Å²) in [6.45, 7) is -1.60. The van der Waals surface area contributed by atoms with E-state index in [0.29, 0.717) is 0 Å². The maximum absolute atomic E-state index is 12.9. The van der Waals surface area contributed by atoms with Gasteiger partial charge in [-0.25, -0.2) is 4.79 Å². The first-order chi connectivity index (χ1) is 14.3. The number of para-hydroxylation sites is 1. The molecule has 0 unspecified atom stereocenters. The number of nitrogens with zero attached hydrogens (tertiary/aromatic N) is 1. The number of amides is 3. The number of nitrogens with one attached hydrogen (secondary N) is 3. The van der Waals surface area contributed by atoms with Crippen molar-refractivity contribution >= 4 is 23.3 Å². The van der Waals surface area contributed by atoms with Crippen molar-refractivity contribution in [1.82, 2.24) is 10.6 Å². The molecule has 0 aliphatic carbocycles. The van der Waals surface area contributed by atoms with E-state index in [4.69, 9.17) is 0 Å². The number of ether oxygens (including phenoxy) is 1. The highest BCUT2D eigenvalue weighted by Crippen LogP contribution is 2.34. The topological polar surface area (TPSA) is 123 Å². The number of rotatable bonds is 6. The van der Waals surface area contributed by atoms with Crippen LogP contribution in [0.5, 0.6) is 5.75 Å². The molecule has 11 heteroatoms. The Balaban J connectivity index is 1.94. The predicted octanol–water partition coefficient (Wildman–Crippen LogP) is 3.46. The van der Waals surface area contributed by atoms with E-state index in [0.717, 1.165) is 0 Å². The lowest BCUT2D eigenvalue weighted by atomic mass is 9.94. The number of hydrogen-bond donors (Lipinski definition) is 3. The third kappa shape index (κ3) is 4.51. The van der Waals surface area contributed by atoms with Gasteiger partial charge in [-0.15, -0.1) is 0 Å². The number of urea groups is 1. The molecule has 3 rings (SSSR count). The minimum atomic E-state index is -3.09. The molecule has 0 aromatic heterocycles. The molecule has 2 aromatic carbocycles. The Bertz CT molecular complexity index is 1020. The van der Waals surface area contributed by atoms with Gasteiger partial charge in [-0.05, 0) is 25.1 Å². The van der Waals surface area contributed by atoms with Crippen LogP contribution in [-0.2, 0) is 4.79 Å². The van der Waals surface area contributed by atoms with Gasteiger partial charge >= 0.3 is 12.6 Å². The van der Waals surface area contributed by atoms with Crippen LogP contribution >= 0.6 is 0 Å². The summed E-state index contributed by atoms with van der Waals surface area (Å²) < 4.78 is 30.1. The molecule has 3 amide bonds. The Morgan fingerprint density at radius 1 is 1.20 bits per heavy atom. The zero-order valence-electron chi connectivity index (χ0n) is 15.5. The number of hydrogen-bond acceptors (Lipinski definition) is 5. The Hall–Kier alpha value is -4.02. The average Bonchev–Trinajstić information content (AvgIpc) is 2.67. The van der Waals surface area contributed by atoms with Gasteiger partial charge in [0.05, 0.1) is 16.5 Å². The molecule has 3 N–H and O–H groups in total. The van der Waals surface area contributed by atoms with Crippen LogP contribution in [0.25, 0.3) is 0 Å². The molecule has 156 valence electrons. The molecule has 0 fully saturated rings. The molecule has 0 spiro atoms. The zero-order valence-corrected chi connectivity index (χ0v) is 15.5. The summed E-state index contributed by atoms with van der Waals surface area (Å²) >= 11 is 0. The van der Waals surface area contributed by atoms with Crippen molar-refractivity contribution in [2.75, 3.05) is 5.32 Å². The molecule has 0 radical (unpaired) electrons. The molecule has 1 heterocycles. The number of allylic oxidation sites excluding steroid dienone is 1. The lowest BCUT2D eigenvalue weighted by Crippen LogP contribution is -2.46. The van der Waals surface area contributed by atoms with Crippen molar-refractivity contribution in [3.8, 4) is 5.75 Å². The Kier molecular flexibility index (Phi) is 5.90. The first kappa shape index (κ1) is 20.7. The van der Waals surface area contributed by atoms with Gasteiger partial charge in [0.25, 0.3) is 11.6 Å². The van der Waals surface area contributed by atoms with Gasteiger partial charge < -0.3 is 20.7 Å². The number of non-ortho nitro benzene ring substituents is 1. The highest BCUT2D eigenvalue weighted by atomic mass is 19.3. The van der Waals surface area contributed by atoms with Gasteiger partial charge in [0.2, 0.25) is 0 Å². The number of benzene rings is 2. The second kappa shape index (κ2) is 8.55. The monoisotopic (exact) mass is 418 g/mol. The third-order valence-electron chi connectivity index (χ3n) is 4.30. The first-order valence-corrected chi connectivity index (χ1v) is 8.64. The fourth-order valence-electron chi connectivity index (χ4n) is 3.02. The fraction of sp³-hybridized carbons (Fsp3) is 0.158. The third-order valence-corrected chi connectivity index (χ3v) is 4.30.